The third kappa shape index (κ3) is 12.6. The van der Waals surface area contributed by atoms with Gasteiger partial charge >= 0.3 is 23.9 Å². The minimum Gasteiger partial charge on any atom is -0.504 e. The summed E-state index contributed by atoms with van der Waals surface area (Å²) in [5.41, 5.74) is 23.1. The minimum atomic E-state index is -1.55. The maximum atomic E-state index is 15.0. The Morgan fingerprint density at radius 1 is 0.641 bits per heavy atom. The second-order valence-corrected chi connectivity index (χ2v) is 34.4. The van der Waals surface area contributed by atoms with Crippen LogP contribution in [0.5, 0.6) is 46.0 Å². The number of aromatic hydroxyl groups is 2. The molecule has 0 aliphatic carbocycles. The third-order valence-electron chi connectivity index (χ3n) is 25.9. The van der Waals surface area contributed by atoms with Crippen molar-refractivity contribution in [3.8, 4) is 58.1 Å². The second-order valence-electron chi connectivity index (χ2n) is 32.2. The number of aryl methyl sites for hydroxylation is 4. The zero-order valence-corrected chi connectivity index (χ0v) is 68.5. The molecule has 0 saturated carbocycles. The van der Waals surface area contributed by atoms with E-state index in [4.69, 9.17) is 58.6 Å². The molecular weight excluding hydrogens is 1540 g/mol. The van der Waals surface area contributed by atoms with Crippen molar-refractivity contribution in [1.29, 1.82) is 10.5 Å². The van der Waals surface area contributed by atoms with Gasteiger partial charge in [-0.3, -0.25) is 44.1 Å². The number of carboxylic acid groups (broad SMARTS) is 3. The molecule has 4 saturated heterocycles. The highest BCUT2D eigenvalue weighted by molar-refractivity contribution is 8.00. The Morgan fingerprint density at radius 3 is 1.62 bits per heavy atom. The fraction of sp³-hybridized carbons (Fsp3) is 0.442. The second kappa shape index (κ2) is 30.3. The van der Waals surface area contributed by atoms with Crippen molar-refractivity contribution < 1.29 is 92.2 Å². The lowest BCUT2D eigenvalue weighted by Gasteiger charge is -2.62. The number of hydrogen-bond acceptors (Lipinski definition) is 26. The molecule has 14 heterocycles. The Morgan fingerprint density at radius 2 is 1.13 bits per heavy atom. The van der Waals surface area contributed by atoms with Crippen molar-refractivity contribution in [1.82, 2.24) is 34.9 Å². The van der Waals surface area contributed by atoms with Gasteiger partial charge in [0.2, 0.25) is 19.4 Å². The van der Waals surface area contributed by atoms with Gasteiger partial charge in [-0.2, -0.15) is 10.5 Å². The Kier molecular flexibility index (Phi) is 20.7. The first-order valence-corrected chi connectivity index (χ1v) is 40.9. The van der Waals surface area contributed by atoms with E-state index < -0.39 is 94.8 Å². The molecule has 6 aromatic carbocycles. The van der Waals surface area contributed by atoms with Crippen LogP contribution in [0.2, 0.25) is 0 Å². The predicted molar refractivity (Wildman–Crippen MR) is 430 cm³/mol. The predicted octanol–water partition coefficient (Wildman–Crippen LogP) is 9.60. The first-order valence-electron chi connectivity index (χ1n) is 38.8. The molecule has 2 aromatic heterocycles. The lowest BCUT2D eigenvalue weighted by Crippen LogP contribution is -2.70. The highest BCUT2D eigenvalue weighted by Gasteiger charge is 2.64. The molecule has 1 spiro atoms. The fourth-order valence-corrected chi connectivity index (χ4v) is 23.7. The SMILES string of the molecule is CC(=O)O.COc1c(C)cc2c(c1O)[C@@H]1[C@@H]3[C@@H]4SCC(=O)C(=O)OC[C@@H](c5c6c(c(C)c(C)c54)OCO6)N3[C@@H](C#N)[C@H](C2)N1C.COc1c(C)cc2c(c1O)[C@@H]1[C@@H]3[C@@H]4SC[C@]5(N[C@H](C(=O)O)Cc6c5[nH]c5ccc(C)cc65)C(=O)OC[C@@H](c5c6c(c(C)c(C)c54)OCO6)N3[C@@H](C#N)[C@H](C2)N1C.Cc1ccc2[nH]cc(C[C@H](N)C(=O)O)c2c1. The van der Waals surface area contributed by atoms with Gasteiger partial charge in [0.05, 0.1) is 62.0 Å². The van der Waals surface area contributed by atoms with E-state index >= 15 is 0 Å². The van der Waals surface area contributed by atoms with Crippen LogP contribution in [0.4, 0.5) is 0 Å². The molecule has 31 heteroatoms. The molecule has 20 rings (SSSR count). The summed E-state index contributed by atoms with van der Waals surface area (Å²) < 4.78 is 47.9. The van der Waals surface area contributed by atoms with Crippen LogP contribution in [0.1, 0.15) is 147 Å². The minimum absolute atomic E-state index is 0.0438. The summed E-state index contributed by atoms with van der Waals surface area (Å²) in [6.07, 6.45) is 3.45. The molecule has 29 nitrogen and oxygen atoms in total. The maximum absolute atomic E-state index is 15.0. The number of hydrogen-bond donors (Lipinski definition) is 9. The van der Waals surface area contributed by atoms with Crippen LogP contribution >= 0.6 is 23.5 Å². The number of aromatic amines is 2. The van der Waals surface area contributed by atoms with Gasteiger partial charge < -0.3 is 79.1 Å². The smallest absolute Gasteiger partial charge is 0.375 e. The number of carbonyl (C=O) groups excluding carboxylic acids is 3. The van der Waals surface area contributed by atoms with Gasteiger partial charge in [-0.1, -0.05) is 35.4 Å². The molecule has 8 aromatic rings. The van der Waals surface area contributed by atoms with Gasteiger partial charge in [-0.25, -0.2) is 9.59 Å². The number of esters is 2. The van der Waals surface area contributed by atoms with Crippen molar-refractivity contribution in [2.45, 2.75) is 177 Å². The maximum Gasteiger partial charge on any atom is 0.375 e. The highest BCUT2D eigenvalue weighted by atomic mass is 32.2. The van der Waals surface area contributed by atoms with Gasteiger partial charge in [-0.05, 0) is 173 Å². The van der Waals surface area contributed by atoms with E-state index in [1.165, 1.54) is 11.8 Å². The fourth-order valence-electron chi connectivity index (χ4n) is 20.6. The number of thioether (sulfide) groups is 2. The van der Waals surface area contributed by atoms with E-state index in [1.807, 2.05) is 105 Å². The van der Waals surface area contributed by atoms with E-state index in [1.54, 1.807) is 26.0 Å². The van der Waals surface area contributed by atoms with E-state index in [9.17, 15) is 49.8 Å². The molecule has 12 aliphatic rings. The lowest BCUT2D eigenvalue weighted by atomic mass is 9.71. The number of ketones is 1. The normalized spacial score (nSPS) is 27.0. The van der Waals surface area contributed by atoms with Crippen molar-refractivity contribution >= 4 is 81.0 Å². The lowest BCUT2D eigenvalue weighted by molar-refractivity contribution is -0.159. The number of nitrogens with one attached hydrogen (secondary N) is 3. The molecule has 0 radical (unpaired) electrons. The number of piperazine rings is 2. The Balaban J connectivity index is 0.000000146. The highest BCUT2D eigenvalue weighted by Crippen LogP contribution is 2.66. The monoisotopic (exact) mass is 1630 g/mol. The van der Waals surface area contributed by atoms with Crippen molar-refractivity contribution in [3.05, 3.63) is 161 Å². The molecule has 0 unspecified atom stereocenters. The number of ether oxygens (including phenoxy) is 8. The van der Waals surface area contributed by atoms with Crippen LogP contribution in [-0.2, 0) is 69.5 Å². The number of carboxylic acids is 3. The van der Waals surface area contributed by atoms with E-state index in [-0.39, 0.29) is 85.6 Å². The Bertz CT molecular complexity index is 5630. The number of cyclic esters (lactones) is 1. The number of aromatic nitrogens is 2. The van der Waals surface area contributed by atoms with Gasteiger partial charge in [0, 0.05) is 110 Å². The zero-order chi connectivity index (χ0) is 83.3. The number of benzene rings is 6. The quantitative estimate of drug-likeness (QED) is 0.0552. The molecule has 10 N–H and O–H groups in total. The molecule has 0 amide bonds. The summed E-state index contributed by atoms with van der Waals surface area (Å²) in [7, 11) is 7.15. The van der Waals surface area contributed by atoms with Crippen LogP contribution in [0.3, 0.4) is 0 Å². The van der Waals surface area contributed by atoms with Gasteiger partial charge in [-0.15, -0.1) is 23.5 Å². The standard InChI is InChI=1S/C42H43N5O8S.C30H31N3O7S.C12H14N2O2.C2H4O2/c1-17-7-8-24-22(9-17)23-12-25(40(49)50)45-42(39(23)44-24)15-56-38-29-19(3)20(4)36-37(55-16-54-36)31(29)28(14-53-41(42)51)47-27(13-43)26-11-21-10-18(2)35(52-6)34(48)30(21)32(33(38)47)46(26)5;1-12-6-15-7-16-17(8-31)33-18-9-38-30(36)19(34)10-41-29(20-13(2)14(3)27-28(22(18)20)40-11-39-27)24(33)23(32(16)4)21(15)25(35)26(12)37-5;1-7-2-3-11-9(4-7)8(6-14-11)5-10(13)12(15)16;1-2(3)4/h7-10,25-28,32-33,38,44-45,48H,11-12,14-16H2,1-6H3,(H,49,50);6,16-18,23-24,29,35H,7,9-11H2,1-5H3;2-4,6,10,14H,5,13H2,1H3,(H,15,16);1H3,(H,3,4)/t25-,26-,27-,28-,32+,33+,38+,42+;16-,17-,18-,23+,24+,29+;10-;/m000./s1. The van der Waals surface area contributed by atoms with Crippen LogP contribution < -0.4 is 39.5 Å². The van der Waals surface area contributed by atoms with Crippen molar-refractivity contribution in [2.24, 2.45) is 5.73 Å². The van der Waals surface area contributed by atoms with Crippen LogP contribution in [0.15, 0.2) is 54.7 Å². The largest absolute Gasteiger partial charge is 0.504 e. The van der Waals surface area contributed by atoms with Gasteiger partial charge in [0.1, 0.15) is 37.4 Å². The van der Waals surface area contributed by atoms with Crippen molar-refractivity contribution in [2.75, 3.05) is 66.6 Å². The number of H-pyrrole nitrogens is 2. The molecule has 15 atom stereocenters. The number of phenols is 2. The number of likely N-dealkylation sites (N-methyl/N-ethyl adjacent to an activating group) is 2. The van der Waals surface area contributed by atoms with E-state index in [0.717, 1.165) is 129 Å². The summed E-state index contributed by atoms with van der Waals surface area (Å²) in [5.74, 6) is -1.31. The Hall–Kier alpha value is -10.7. The number of fused-ring (bicyclic) bond motifs is 21. The summed E-state index contributed by atoms with van der Waals surface area (Å²) >= 11 is 2.93. The summed E-state index contributed by atoms with van der Waals surface area (Å²) in [5, 5.41) is 76.8. The number of nitriles is 2. The summed E-state index contributed by atoms with van der Waals surface area (Å²) in [6.45, 7) is 16.9. The van der Waals surface area contributed by atoms with Gasteiger partial charge in [0.25, 0.3) is 5.97 Å². The van der Waals surface area contributed by atoms with Crippen molar-refractivity contribution in [3.63, 3.8) is 0 Å². The summed E-state index contributed by atoms with van der Waals surface area (Å²) in [4.78, 5) is 88.5. The number of phenolic OH excluding ortho intramolecular Hbond substituents is 2. The average molecular weight is 1630 g/mol. The number of nitrogens with zero attached hydrogens (tertiary/aromatic N) is 6. The molecule has 8 bridgehead atoms. The van der Waals surface area contributed by atoms with Crippen LogP contribution in [0.25, 0.3) is 21.8 Å². The summed E-state index contributed by atoms with van der Waals surface area (Å²) in [6, 6.07) is 15.2. The molecular formula is C86H92N10O19S2. The third-order valence-corrected chi connectivity index (χ3v) is 28.6. The van der Waals surface area contributed by atoms with Crippen LogP contribution in [-0.4, -0.2) is 206 Å². The molecule has 12 aliphatic heterocycles. The van der Waals surface area contributed by atoms with Crippen LogP contribution in [0, 0.1) is 78.1 Å². The molecule has 4 fully saturated rings. The number of nitrogens with two attached hydrogens (primary N) is 1. The van der Waals surface area contributed by atoms with E-state index in [2.05, 4.69) is 66.1 Å². The number of methoxy groups -OCH3 is 2. The average Bonchev–Trinajstić information content (AvgIpc) is 1.69. The number of carbonyl (C=O) groups is 6. The molecule has 612 valence electrons. The van der Waals surface area contributed by atoms with E-state index in [0.29, 0.717) is 59.5 Å². The first kappa shape index (κ1) is 80.1. The molecule has 117 heavy (non-hydrogen) atoms. The topological polar surface area (TPSA) is 408 Å². The first-order chi connectivity index (χ1) is 55.9. The number of aliphatic carboxylic acids is 3. The zero-order valence-electron chi connectivity index (χ0n) is 66.9. The number of Topliss-reactive ketones (excluding diaryl/α,β-unsaturated/α-hetero) is 1. The number of rotatable bonds is 6. The Labute approximate surface area is 682 Å². The van der Waals surface area contributed by atoms with Gasteiger partial charge in [0.15, 0.2) is 51.5 Å².